The van der Waals surface area contributed by atoms with Gasteiger partial charge in [0.15, 0.2) is 0 Å². The fraction of sp³-hybridized carbons (Fsp3) is 0.375. The molecule has 1 saturated heterocycles. The van der Waals surface area contributed by atoms with Gasteiger partial charge in [-0.25, -0.2) is 4.39 Å². The third-order valence-electron chi connectivity index (χ3n) is 7.76. The highest BCUT2D eigenvalue weighted by Gasteiger charge is 2.29. The van der Waals surface area contributed by atoms with E-state index in [1.165, 1.54) is 6.07 Å². The predicted molar refractivity (Wildman–Crippen MR) is 167 cm³/mol. The van der Waals surface area contributed by atoms with Crippen molar-refractivity contribution in [2.45, 2.75) is 25.3 Å². The Labute approximate surface area is 256 Å². The second-order valence-electron chi connectivity index (χ2n) is 10.5. The Kier molecular flexibility index (Phi) is 10.7. The Morgan fingerprint density at radius 3 is 2.36 bits per heavy atom. The number of nitrogens with zero attached hydrogens (tertiary/aromatic N) is 3. The molecule has 0 spiro atoms. The number of carbonyl (C=O) groups excluding carboxylic acids is 2. The molecule has 2 aliphatic heterocycles. The molecule has 5 rings (SSSR count). The molecule has 3 aromatic carbocycles. The van der Waals surface area contributed by atoms with E-state index < -0.39 is 5.24 Å². The number of methoxy groups -OCH3 is 2. The van der Waals surface area contributed by atoms with Crippen LogP contribution in [0.15, 0.2) is 54.6 Å². The van der Waals surface area contributed by atoms with E-state index in [0.29, 0.717) is 53.1 Å². The van der Waals surface area contributed by atoms with E-state index in [9.17, 15) is 14.0 Å². The van der Waals surface area contributed by atoms with Crippen LogP contribution in [0.25, 0.3) is 0 Å². The average molecular weight is 617 g/mol. The molecule has 0 bridgehead atoms. The highest BCUT2D eigenvalue weighted by atomic mass is 35.5. The zero-order chi connectivity index (χ0) is 30.4. The number of ether oxygens (including phenoxy) is 2. The van der Waals surface area contributed by atoms with E-state index in [1.807, 2.05) is 12.1 Å². The van der Waals surface area contributed by atoms with E-state index in [1.54, 1.807) is 55.5 Å². The van der Waals surface area contributed by atoms with Gasteiger partial charge < -0.3 is 24.2 Å². The van der Waals surface area contributed by atoms with Crippen LogP contribution in [0.2, 0.25) is 0 Å². The zero-order valence-electron chi connectivity index (χ0n) is 24.3. The lowest BCUT2D eigenvalue weighted by atomic mass is 9.98. The van der Waals surface area contributed by atoms with Gasteiger partial charge >= 0.3 is 0 Å². The van der Waals surface area contributed by atoms with Crippen LogP contribution >= 0.6 is 23.2 Å². The Morgan fingerprint density at radius 1 is 1.02 bits per heavy atom. The maximum atomic E-state index is 14.9. The second kappa shape index (κ2) is 14.2. The number of likely N-dealkylation sites (N-methyl/N-ethyl adjacent to an activating group) is 1. The van der Waals surface area contributed by atoms with E-state index >= 15 is 0 Å². The number of hydrogen-bond acceptors (Lipinski definition) is 6. The summed E-state index contributed by atoms with van der Waals surface area (Å²) in [6.07, 6.45) is 2.35. The van der Waals surface area contributed by atoms with Crippen LogP contribution in [0.1, 0.15) is 38.3 Å². The quantitative estimate of drug-likeness (QED) is 0.228. The molecule has 3 aromatic rings. The molecule has 42 heavy (non-hydrogen) atoms. The molecular weight excluding hydrogens is 580 g/mol. The van der Waals surface area contributed by atoms with Gasteiger partial charge in [0.25, 0.3) is 11.1 Å². The largest absolute Gasteiger partial charge is 0.497 e. The first-order chi connectivity index (χ1) is 20.2. The number of fused-ring (bicyclic) bond motifs is 1. The minimum absolute atomic E-state index is 0.0927. The van der Waals surface area contributed by atoms with Crippen LogP contribution in [0.4, 0.5) is 15.8 Å². The van der Waals surface area contributed by atoms with Gasteiger partial charge in [0.1, 0.15) is 17.3 Å². The molecule has 7 nitrogen and oxygen atoms in total. The smallest absolute Gasteiger partial charge is 0.258 e. The number of alkyl halides is 1. The third kappa shape index (κ3) is 7.17. The second-order valence-corrected chi connectivity index (χ2v) is 11.2. The van der Waals surface area contributed by atoms with Crippen molar-refractivity contribution in [2.24, 2.45) is 0 Å². The Balaban J connectivity index is 0.000000244. The summed E-state index contributed by atoms with van der Waals surface area (Å²) in [5.74, 6) is 1.53. The molecule has 2 aliphatic rings. The van der Waals surface area contributed by atoms with Gasteiger partial charge in [-0.3, -0.25) is 9.59 Å². The molecule has 1 atom stereocenters. The number of rotatable bonds is 8. The molecule has 0 radical (unpaired) electrons. The van der Waals surface area contributed by atoms with Gasteiger partial charge in [-0.2, -0.15) is 0 Å². The topological polar surface area (TPSA) is 62.3 Å². The van der Waals surface area contributed by atoms with Crippen LogP contribution in [0, 0.1) is 5.82 Å². The van der Waals surface area contributed by atoms with Crippen molar-refractivity contribution < 1.29 is 23.5 Å². The molecule has 0 unspecified atom stereocenters. The number of halogens is 3. The molecule has 0 saturated carbocycles. The van der Waals surface area contributed by atoms with Crippen molar-refractivity contribution in [1.29, 1.82) is 0 Å². The minimum Gasteiger partial charge on any atom is -0.497 e. The van der Waals surface area contributed by atoms with Crippen molar-refractivity contribution in [3.05, 3.63) is 82.7 Å². The van der Waals surface area contributed by atoms with Crippen molar-refractivity contribution >= 4 is 45.7 Å². The fourth-order valence-corrected chi connectivity index (χ4v) is 5.73. The van der Waals surface area contributed by atoms with Crippen LogP contribution in [-0.4, -0.2) is 75.9 Å². The van der Waals surface area contributed by atoms with Gasteiger partial charge in [0.05, 0.1) is 19.9 Å². The minimum atomic E-state index is -0.465. The predicted octanol–water partition coefficient (Wildman–Crippen LogP) is 6.03. The number of carbonyl (C=O) groups is 2. The summed E-state index contributed by atoms with van der Waals surface area (Å²) in [6.45, 7) is 2.20. The van der Waals surface area contributed by atoms with Crippen molar-refractivity contribution in [3.63, 3.8) is 0 Å². The average Bonchev–Trinajstić information content (AvgIpc) is 3.48. The number of hydrogen-bond donors (Lipinski definition) is 0. The van der Waals surface area contributed by atoms with Crippen LogP contribution < -0.4 is 19.3 Å². The SMILES string of the molecule is COc1ccc(C(=O)Cl)c(CCCl)c1.COc1ccc2c(c1)CCN(c1ccc(N3CC[C@@H](N(C)C)C3)c(F)c1)C2=O. The zero-order valence-corrected chi connectivity index (χ0v) is 25.8. The van der Waals surface area contributed by atoms with Crippen molar-refractivity contribution in [2.75, 3.05) is 63.6 Å². The molecule has 0 aliphatic carbocycles. The van der Waals surface area contributed by atoms with Crippen LogP contribution in [0.5, 0.6) is 11.5 Å². The standard InChI is InChI=1S/C22H26FN3O2.C10H10Cl2O2/c1-24(2)17-9-10-25(14-17)21-7-4-16(13-20(21)23)26-11-8-15-12-18(28-3)5-6-19(15)22(26)27;1-14-8-2-3-9(10(12)13)7(6-8)4-5-11/h4-7,12-13,17H,8-11,14H2,1-3H3;2-3,6H,4-5H2,1H3/t17-;/m1./s1. The highest BCUT2D eigenvalue weighted by Crippen LogP contribution is 2.32. The fourth-order valence-electron chi connectivity index (χ4n) is 5.34. The molecular formula is C32H36Cl2FN3O4. The Bertz CT molecular complexity index is 1430. The number of aryl methyl sites for hydroxylation is 1. The lowest BCUT2D eigenvalue weighted by molar-refractivity contribution is 0.0980. The van der Waals surface area contributed by atoms with Crippen LogP contribution in [-0.2, 0) is 12.8 Å². The Morgan fingerprint density at radius 2 is 1.74 bits per heavy atom. The molecule has 2 heterocycles. The number of amides is 1. The molecule has 1 fully saturated rings. The van der Waals surface area contributed by atoms with Gasteiger partial charge in [0, 0.05) is 48.4 Å². The number of anilines is 2. The van der Waals surface area contributed by atoms with Gasteiger partial charge in [0.2, 0.25) is 0 Å². The maximum Gasteiger partial charge on any atom is 0.258 e. The third-order valence-corrected chi connectivity index (χ3v) is 8.15. The summed E-state index contributed by atoms with van der Waals surface area (Å²) < 4.78 is 25.2. The summed E-state index contributed by atoms with van der Waals surface area (Å²) in [6, 6.07) is 16.2. The molecule has 1 amide bonds. The van der Waals surface area contributed by atoms with Crippen molar-refractivity contribution in [1.82, 2.24) is 4.90 Å². The highest BCUT2D eigenvalue weighted by molar-refractivity contribution is 6.67. The summed E-state index contributed by atoms with van der Waals surface area (Å²) in [5.41, 5.74) is 4.17. The van der Waals surface area contributed by atoms with E-state index in [4.69, 9.17) is 32.7 Å². The summed E-state index contributed by atoms with van der Waals surface area (Å²) in [4.78, 5) is 29.9. The maximum absolute atomic E-state index is 14.9. The van der Waals surface area contributed by atoms with Gasteiger partial charge in [-0.05, 0) is 111 Å². The monoisotopic (exact) mass is 615 g/mol. The van der Waals surface area contributed by atoms with Crippen molar-refractivity contribution in [3.8, 4) is 11.5 Å². The van der Waals surface area contributed by atoms with Gasteiger partial charge in [-0.15, -0.1) is 11.6 Å². The summed E-state index contributed by atoms with van der Waals surface area (Å²) >= 11 is 11.0. The molecule has 224 valence electrons. The number of benzene rings is 3. The van der Waals surface area contributed by atoms with E-state index in [2.05, 4.69) is 23.9 Å². The molecule has 10 heteroatoms. The first-order valence-corrected chi connectivity index (χ1v) is 14.7. The normalized spacial score (nSPS) is 16.2. The summed E-state index contributed by atoms with van der Waals surface area (Å²) in [5, 5.41) is -0.465. The Hall–Kier alpha value is -3.33. The first kappa shape index (κ1) is 31.6. The van der Waals surface area contributed by atoms with E-state index in [-0.39, 0.29) is 11.7 Å². The van der Waals surface area contributed by atoms with E-state index in [0.717, 1.165) is 42.8 Å². The summed E-state index contributed by atoms with van der Waals surface area (Å²) in [7, 11) is 7.30. The lowest BCUT2D eigenvalue weighted by Gasteiger charge is -2.29. The molecule has 0 N–H and O–H groups in total. The van der Waals surface area contributed by atoms with Gasteiger partial charge in [-0.1, -0.05) is 0 Å². The molecule has 0 aromatic heterocycles. The lowest BCUT2D eigenvalue weighted by Crippen LogP contribution is -2.37. The first-order valence-electron chi connectivity index (χ1n) is 13.8. The van der Waals surface area contributed by atoms with Crippen LogP contribution in [0.3, 0.4) is 0 Å².